The number of benzene rings is 8. The molecule has 8 aromatic carbocycles. The van der Waals surface area contributed by atoms with Crippen LogP contribution < -0.4 is 9.42 Å². The zero-order valence-corrected chi connectivity index (χ0v) is 49.7. The Kier molecular flexibility index (Phi) is 12.2. The van der Waals surface area contributed by atoms with Crippen LogP contribution in [0.25, 0.3) is 83.8 Å². The molecule has 0 aliphatic heterocycles. The molecule has 11 rings (SSSR count). The van der Waals surface area contributed by atoms with Gasteiger partial charge in [0.2, 0.25) is 0 Å². The molecule has 0 bridgehead atoms. The predicted octanol–water partition coefficient (Wildman–Crippen LogP) is 19.4. The van der Waals surface area contributed by atoms with Crippen LogP contribution in [0, 0.1) is 6.33 Å². The zero-order valence-electron chi connectivity index (χ0n) is 54.7. The van der Waals surface area contributed by atoms with Crippen LogP contribution in [0.3, 0.4) is 0 Å². The molecule has 3 aromatic heterocycles. The van der Waals surface area contributed by atoms with E-state index in [1.54, 1.807) is 4.68 Å². The van der Waals surface area contributed by atoms with Crippen molar-refractivity contribution in [3.8, 4) is 73.5 Å². The Hall–Kier alpha value is -8.35. The second-order valence-electron chi connectivity index (χ2n) is 26.8. The summed E-state index contributed by atoms with van der Waals surface area (Å²) in [5.74, 6) is 2.59. The van der Waals surface area contributed by atoms with Crippen LogP contribution in [0.4, 0.5) is 0 Å². The molecule has 6 nitrogen and oxygen atoms in total. The summed E-state index contributed by atoms with van der Waals surface area (Å²) in [6.45, 7) is 33.5. The first-order valence-electron chi connectivity index (χ1n) is 30.7. The fourth-order valence-electron chi connectivity index (χ4n) is 10.6. The minimum absolute atomic E-state index is 0.0357. The van der Waals surface area contributed by atoms with Gasteiger partial charge < -0.3 is 4.74 Å². The molecule has 0 saturated carbocycles. The van der Waals surface area contributed by atoms with Gasteiger partial charge in [-0.3, -0.25) is 9.13 Å². The van der Waals surface area contributed by atoms with Gasteiger partial charge in [-0.25, -0.2) is 4.98 Å². The molecule has 0 radical (unpaired) electrons. The third-order valence-electron chi connectivity index (χ3n) is 15.5. The predicted molar refractivity (Wildman–Crippen MR) is 338 cm³/mol. The fourth-order valence-corrected chi connectivity index (χ4v) is 10.6. The van der Waals surface area contributed by atoms with Crippen LogP contribution >= 0.6 is 0 Å². The fraction of sp³-hybridized carbons (Fsp3) is 0.267. The Morgan fingerprint density at radius 1 is 0.444 bits per heavy atom. The number of aromatic nitrogens is 5. The number of nitrogens with zero attached hydrogens (tertiary/aromatic N) is 5. The van der Waals surface area contributed by atoms with Crippen LogP contribution in [-0.4, -0.2) is 19.2 Å². The smallest absolute Gasteiger partial charge is 0.273 e. The Balaban J connectivity index is 1.08. The summed E-state index contributed by atoms with van der Waals surface area (Å²) in [5, 5.41) is 7.55. The first kappa shape index (κ1) is 48.5. The van der Waals surface area contributed by atoms with Crippen molar-refractivity contribution >= 4 is 21.8 Å². The van der Waals surface area contributed by atoms with E-state index in [-0.39, 0.29) is 44.7 Å². The van der Waals surface area contributed by atoms with Gasteiger partial charge in [0.15, 0.2) is 5.82 Å². The van der Waals surface area contributed by atoms with E-state index in [0.717, 1.165) is 61.0 Å². The lowest BCUT2D eigenvalue weighted by Crippen LogP contribution is -2.34. The van der Waals surface area contributed by atoms with Crippen molar-refractivity contribution < 1.29 is 16.3 Å². The van der Waals surface area contributed by atoms with E-state index >= 15 is 0 Å². The molecule has 0 N–H and O–H groups in total. The number of hydrogen-bond acceptors (Lipinski definition) is 3. The third kappa shape index (κ3) is 11.0. The molecule has 81 heavy (non-hydrogen) atoms. The summed E-state index contributed by atoms with van der Waals surface area (Å²) in [6, 6.07) is 52.7. The minimum Gasteiger partial charge on any atom is -0.458 e. The molecule has 0 aliphatic rings. The van der Waals surface area contributed by atoms with E-state index in [1.807, 2.05) is 89.6 Å². The molecule has 0 atom stereocenters. The minimum atomic E-state index is -0.460. The van der Waals surface area contributed by atoms with E-state index < -0.39 is 18.1 Å². The lowest BCUT2D eigenvalue weighted by atomic mass is 9.78. The maximum Gasteiger partial charge on any atom is 0.273 e. The second-order valence-corrected chi connectivity index (χ2v) is 26.8. The van der Waals surface area contributed by atoms with E-state index in [1.165, 1.54) is 22.3 Å². The molecule has 0 amide bonds. The molecule has 0 saturated heterocycles. The first-order chi connectivity index (χ1) is 40.3. The first-order valence-corrected chi connectivity index (χ1v) is 28.2. The van der Waals surface area contributed by atoms with Crippen molar-refractivity contribution in [2.24, 2.45) is 0 Å². The van der Waals surface area contributed by atoms with Gasteiger partial charge in [-0.05, 0) is 137 Å². The lowest BCUT2D eigenvalue weighted by molar-refractivity contribution is -0.659. The summed E-state index contributed by atoms with van der Waals surface area (Å²) in [5.41, 5.74) is 13.9. The molecule has 6 heteroatoms. The van der Waals surface area contributed by atoms with Gasteiger partial charge in [-0.1, -0.05) is 237 Å². The molecule has 0 fully saturated rings. The van der Waals surface area contributed by atoms with Gasteiger partial charge in [0.05, 0.1) is 29.3 Å². The van der Waals surface area contributed by atoms with Crippen molar-refractivity contribution in [3.05, 3.63) is 228 Å². The summed E-state index contributed by atoms with van der Waals surface area (Å²) in [7, 11) is 0. The van der Waals surface area contributed by atoms with Crippen LogP contribution in [-0.2, 0) is 27.1 Å². The second kappa shape index (κ2) is 20.3. The maximum atomic E-state index is 9.28. The van der Waals surface area contributed by atoms with E-state index in [9.17, 15) is 2.74 Å². The van der Waals surface area contributed by atoms with E-state index in [2.05, 4.69) is 194 Å². The molecular weight excluding hydrogens is 987 g/mol. The summed E-state index contributed by atoms with van der Waals surface area (Å²) in [6.07, 6.45) is 5.52. The van der Waals surface area contributed by atoms with Crippen molar-refractivity contribution in [3.63, 3.8) is 0 Å². The van der Waals surface area contributed by atoms with Crippen LogP contribution in [0.5, 0.6) is 11.5 Å². The van der Waals surface area contributed by atoms with Gasteiger partial charge in [0, 0.05) is 28.6 Å². The highest BCUT2D eigenvalue weighted by atomic mass is 16.5. The summed E-state index contributed by atoms with van der Waals surface area (Å²) >= 11 is 0. The van der Waals surface area contributed by atoms with E-state index in [4.69, 9.17) is 18.9 Å². The Morgan fingerprint density at radius 3 is 1.64 bits per heavy atom. The number of fused-ring (bicyclic) bond motifs is 3. The number of hydrogen-bond donors (Lipinski definition) is 0. The summed E-state index contributed by atoms with van der Waals surface area (Å²) in [4.78, 5) is 5.03. The third-order valence-corrected chi connectivity index (χ3v) is 15.5. The summed E-state index contributed by atoms with van der Waals surface area (Å²) < 4.78 is 57.5. The van der Waals surface area contributed by atoms with Gasteiger partial charge in [0.1, 0.15) is 17.3 Å². The van der Waals surface area contributed by atoms with Crippen molar-refractivity contribution in [2.45, 2.75) is 131 Å². The average molecular weight is 1070 g/mol. The molecular formula is C75H77N5O. The quantitative estimate of drug-likeness (QED) is 0.107. The van der Waals surface area contributed by atoms with Gasteiger partial charge >= 0.3 is 0 Å². The number of para-hydroxylation sites is 1. The van der Waals surface area contributed by atoms with Crippen molar-refractivity contribution in [1.29, 1.82) is 0 Å². The lowest BCUT2D eigenvalue weighted by Gasteiger charge is -2.27. The van der Waals surface area contributed by atoms with Gasteiger partial charge in [0.25, 0.3) is 6.33 Å². The molecule has 0 spiro atoms. The molecule has 0 unspecified atom stereocenters. The van der Waals surface area contributed by atoms with Gasteiger partial charge in [-0.15, -0.1) is 5.10 Å². The normalized spacial score (nSPS) is 13.5. The topological polar surface area (TPSA) is 48.8 Å². The van der Waals surface area contributed by atoms with Gasteiger partial charge in [-0.2, -0.15) is 4.68 Å². The Morgan fingerprint density at radius 2 is 1.02 bits per heavy atom. The standard InChI is InChI=1S/C75H77N5O/c1-71(2,3)54-36-37-76-68(45-54)80-66-35-32-51(52-38-55(72(4,5)6)43-56(39-52)73(7,8)9)42-65(66)64-34-33-61(47-67(64)80)81-60-29-22-28-59(46-60)78-48-79(77-70(78)50-26-20-17-21-27-50)69-62(49-24-18-16-19-25-49)30-23-31-63(69)53-40-57(74(10,11)12)44-58(41-53)75(13,14)15/h16-47H,1-15H3/i16D,18D,19D,24D,25D. The number of rotatable bonds is 9. The van der Waals surface area contributed by atoms with Crippen LogP contribution in [0.1, 0.15) is 139 Å². The van der Waals surface area contributed by atoms with Crippen molar-refractivity contribution in [1.82, 2.24) is 19.2 Å². The highest BCUT2D eigenvalue weighted by Crippen LogP contribution is 2.42. The highest BCUT2D eigenvalue weighted by Gasteiger charge is 2.27. The number of ether oxygens (including phenoxy) is 1. The Bertz CT molecular complexity index is 4370. The monoisotopic (exact) mass is 1070 g/mol. The molecule has 408 valence electrons. The molecule has 11 aromatic rings. The largest absolute Gasteiger partial charge is 0.458 e. The SMILES string of the molecule is [2H]c1c([2H])c([2H])c(-c2cccc(-c3cc(C(C)(C)C)cc(C(C)(C)C)c3)c2-[n+]2[c-]n(-c3cccc(Oc4ccc5c6cc(-c7cc(C(C)(C)C)cc(C(C)(C)C)c7)ccc6n(-c6cc(C(C)(C)C)ccn6)c5c4)c3)c(-c3ccccc3)n2)c([2H])c1[2H]. The maximum absolute atomic E-state index is 9.28. The zero-order chi connectivity index (χ0) is 61.7. The highest BCUT2D eigenvalue weighted by molar-refractivity contribution is 6.10. The van der Waals surface area contributed by atoms with E-state index in [0.29, 0.717) is 34.3 Å². The van der Waals surface area contributed by atoms with Crippen LogP contribution in [0.15, 0.2) is 194 Å². The average Bonchev–Trinajstić information content (AvgIpc) is 1.51. The number of pyridine rings is 1. The Labute approximate surface area is 487 Å². The molecule has 0 aliphatic carbocycles. The van der Waals surface area contributed by atoms with Crippen LogP contribution in [0.2, 0.25) is 0 Å². The van der Waals surface area contributed by atoms with Crippen molar-refractivity contribution in [2.75, 3.05) is 0 Å². The molecule has 3 heterocycles.